The van der Waals surface area contributed by atoms with E-state index in [0.717, 1.165) is 42.4 Å². The second kappa shape index (κ2) is 10.8. The Morgan fingerprint density at radius 3 is 2.50 bits per heavy atom. The van der Waals surface area contributed by atoms with E-state index in [9.17, 15) is 9.59 Å². The molecule has 3 aliphatic heterocycles. The predicted octanol–water partition coefficient (Wildman–Crippen LogP) is 4.59. The minimum Gasteiger partial charge on any atom is -0.460 e. The molecule has 3 heterocycles. The van der Waals surface area contributed by atoms with Gasteiger partial charge in [-0.1, -0.05) is 49.9 Å². The standard InChI is InChI=1S/C26H33N3O4S/c1-17(2)19-7-9-20(10-8-19)24-23(25(31)33-14-13-32-4)18(3)27-26-29(24)21(16-34-26)15-22(30)28-11-5-6-12-28/h7-10,16-17,24H,5-6,11-15H2,1-4H3. The number of fused-ring (bicyclic) bond motifs is 1. The van der Waals surface area contributed by atoms with E-state index in [0.29, 0.717) is 23.8 Å². The lowest BCUT2D eigenvalue weighted by molar-refractivity contribution is -0.141. The molecule has 1 aromatic carbocycles. The van der Waals surface area contributed by atoms with E-state index < -0.39 is 12.0 Å². The van der Waals surface area contributed by atoms with Gasteiger partial charge in [0.1, 0.15) is 6.61 Å². The third kappa shape index (κ3) is 5.08. The SMILES string of the molecule is COCCOC(=O)C1=C(C)N=C2SC=C(CC(=O)N3CCCC3)N2C1c1ccc(C(C)C)cc1. The summed E-state index contributed by atoms with van der Waals surface area (Å²) in [4.78, 5) is 34.9. The van der Waals surface area contributed by atoms with Crippen molar-refractivity contribution < 1.29 is 19.1 Å². The summed E-state index contributed by atoms with van der Waals surface area (Å²) in [6.07, 6.45) is 2.40. The van der Waals surface area contributed by atoms with E-state index in [1.807, 2.05) is 22.1 Å². The summed E-state index contributed by atoms with van der Waals surface area (Å²) in [5, 5.41) is 2.78. The van der Waals surface area contributed by atoms with Gasteiger partial charge in [0.05, 0.1) is 30.3 Å². The number of amides is 1. The molecular formula is C26H33N3O4S. The zero-order valence-corrected chi connectivity index (χ0v) is 21.2. The van der Waals surface area contributed by atoms with E-state index in [1.54, 1.807) is 7.11 Å². The molecular weight excluding hydrogens is 450 g/mol. The summed E-state index contributed by atoms with van der Waals surface area (Å²) >= 11 is 1.50. The number of rotatable bonds is 8. The molecule has 0 saturated carbocycles. The van der Waals surface area contributed by atoms with Gasteiger partial charge in [-0.2, -0.15) is 0 Å². The quantitative estimate of drug-likeness (QED) is 0.398. The number of carbonyl (C=O) groups is 2. The average molecular weight is 484 g/mol. The van der Waals surface area contributed by atoms with Crippen molar-refractivity contribution in [2.45, 2.75) is 52.0 Å². The van der Waals surface area contributed by atoms with E-state index in [4.69, 9.17) is 14.5 Å². The fourth-order valence-corrected chi connectivity index (χ4v) is 5.50. The second-order valence-corrected chi connectivity index (χ2v) is 9.94. The topological polar surface area (TPSA) is 71.4 Å². The Kier molecular flexibility index (Phi) is 7.78. The van der Waals surface area contributed by atoms with Crippen LogP contribution in [0.1, 0.15) is 63.1 Å². The molecule has 1 amide bonds. The Morgan fingerprint density at radius 2 is 1.85 bits per heavy atom. The number of amidine groups is 1. The number of benzene rings is 1. The third-order valence-electron chi connectivity index (χ3n) is 6.45. The number of thioether (sulfide) groups is 1. The van der Waals surface area contributed by atoms with E-state index >= 15 is 0 Å². The number of likely N-dealkylation sites (tertiary alicyclic amines) is 1. The molecule has 0 spiro atoms. The number of ether oxygens (including phenoxy) is 2. The minimum atomic E-state index is -0.406. The molecule has 7 nitrogen and oxygen atoms in total. The van der Waals surface area contributed by atoms with Gasteiger partial charge in [0, 0.05) is 25.9 Å². The first-order chi connectivity index (χ1) is 16.4. The van der Waals surface area contributed by atoms with E-state index in [-0.39, 0.29) is 18.9 Å². The van der Waals surface area contributed by atoms with Crippen LogP contribution in [0.25, 0.3) is 0 Å². The third-order valence-corrected chi connectivity index (χ3v) is 7.34. The lowest BCUT2D eigenvalue weighted by atomic mass is 9.92. The largest absolute Gasteiger partial charge is 0.460 e. The summed E-state index contributed by atoms with van der Waals surface area (Å²) in [5.74, 6) is 0.122. The highest BCUT2D eigenvalue weighted by atomic mass is 32.2. The second-order valence-electron chi connectivity index (χ2n) is 9.11. The lowest BCUT2D eigenvalue weighted by Crippen LogP contribution is -2.38. The Labute approximate surface area is 205 Å². The number of aliphatic imine (C=N–C) groups is 1. The van der Waals surface area contributed by atoms with E-state index in [2.05, 4.69) is 38.1 Å². The summed E-state index contributed by atoms with van der Waals surface area (Å²) in [7, 11) is 1.57. The Hall–Kier alpha value is -2.58. The van der Waals surface area contributed by atoms with Crippen molar-refractivity contribution in [3.8, 4) is 0 Å². The number of methoxy groups -OCH3 is 1. The molecule has 1 aromatic rings. The monoisotopic (exact) mass is 483 g/mol. The van der Waals surface area contributed by atoms with Gasteiger partial charge in [0.2, 0.25) is 5.91 Å². The van der Waals surface area contributed by atoms with Gasteiger partial charge in [-0.15, -0.1) is 0 Å². The number of allylic oxidation sites excluding steroid dienone is 1. The maximum absolute atomic E-state index is 13.2. The smallest absolute Gasteiger partial charge is 0.338 e. The highest BCUT2D eigenvalue weighted by molar-refractivity contribution is 8.16. The molecule has 8 heteroatoms. The molecule has 0 bridgehead atoms. The van der Waals surface area contributed by atoms with Gasteiger partial charge in [0.25, 0.3) is 0 Å². The number of hydrogen-bond donors (Lipinski definition) is 0. The summed E-state index contributed by atoms with van der Waals surface area (Å²) < 4.78 is 10.6. The fraction of sp³-hybridized carbons (Fsp3) is 0.500. The number of hydrogen-bond acceptors (Lipinski definition) is 7. The van der Waals surface area contributed by atoms with Crippen LogP contribution in [0.2, 0.25) is 0 Å². The minimum absolute atomic E-state index is 0.120. The molecule has 1 saturated heterocycles. The van der Waals surface area contributed by atoms with Crippen LogP contribution in [0, 0.1) is 0 Å². The average Bonchev–Trinajstić information content (AvgIpc) is 3.49. The summed E-state index contributed by atoms with van der Waals surface area (Å²) in [5.41, 5.74) is 4.21. The number of carbonyl (C=O) groups excluding carboxylic acids is 2. The van der Waals surface area contributed by atoms with Crippen LogP contribution in [-0.2, 0) is 19.1 Å². The highest BCUT2D eigenvalue weighted by Crippen LogP contribution is 2.45. The normalized spacial score (nSPS) is 20.0. The van der Waals surface area contributed by atoms with Crippen molar-refractivity contribution in [1.82, 2.24) is 9.80 Å². The van der Waals surface area contributed by atoms with Crippen LogP contribution in [0.15, 0.2) is 51.6 Å². The zero-order valence-electron chi connectivity index (χ0n) is 20.4. The molecule has 3 aliphatic rings. The van der Waals surface area contributed by atoms with Crippen LogP contribution >= 0.6 is 11.8 Å². The van der Waals surface area contributed by atoms with Crippen LogP contribution in [0.4, 0.5) is 0 Å². The first kappa shape index (κ1) is 24.5. The number of esters is 1. The molecule has 0 N–H and O–H groups in total. The molecule has 1 fully saturated rings. The zero-order chi connectivity index (χ0) is 24.2. The van der Waals surface area contributed by atoms with Crippen molar-refractivity contribution in [1.29, 1.82) is 0 Å². The van der Waals surface area contributed by atoms with Crippen LogP contribution in [0.3, 0.4) is 0 Å². The Bertz CT molecular complexity index is 1020. The maximum Gasteiger partial charge on any atom is 0.338 e. The molecule has 0 aromatic heterocycles. The van der Waals surface area contributed by atoms with Crippen molar-refractivity contribution in [3.05, 3.63) is 57.8 Å². The van der Waals surface area contributed by atoms with Crippen LogP contribution in [-0.4, -0.2) is 60.3 Å². The fourth-order valence-electron chi connectivity index (χ4n) is 4.54. The van der Waals surface area contributed by atoms with Crippen molar-refractivity contribution >= 4 is 28.8 Å². The Morgan fingerprint density at radius 1 is 1.15 bits per heavy atom. The predicted molar refractivity (Wildman–Crippen MR) is 134 cm³/mol. The molecule has 34 heavy (non-hydrogen) atoms. The first-order valence-corrected chi connectivity index (χ1v) is 12.8. The summed E-state index contributed by atoms with van der Waals surface area (Å²) in [6, 6.07) is 7.95. The molecule has 1 atom stereocenters. The molecule has 0 aliphatic carbocycles. The molecule has 1 unspecified atom stereocenters. The van der Waals surface area contributed by atoms with Crippen molar-refractivity contribution in [2.75, 3.05) is 33.4 Å². The van der Waals surface area contributed by atoms with Crippen LogP contribution in [0.5, 0.6) is 0 Å². The first-order valence-electron chi connectivity index (χ1n) is 11.9. The van der Waals surface area contributed by atoms with Gasteiger partial charge >= 0.3 is 5.97 Å². The van der Waals surface area contributed by atoms with Crippen molar-refractivity contribution in [2.24, 2.45) is 4.99 Å². The van der Waals surface area contributed by atoms with Gasteiger partial charge in [-0.25, -0.2) is 9.79 Å². The maximum atomic E-state index is 13.2. The molecule has 0 radical (unpaired) electrons. The number of nitrogens with zero attached hydrogens (tertiary/aromatic N) is 3. The highest BCUT2D eigenvalue weighted by Gasteiger charge is 2.41. The molecule has 4 rings (SSSR count). The van der Waals surface area contributed by atoms with Gasteiger partial charge in [-0.05, 0) is 42.2 Å². The Balaban J connectivity index is 1.68. The van der Waals surface area contributed by atoms with Crippen LogP contribution < -0.4 is 0 Å². The van der Waals surface area contributed by atoms with Gasteiger partial charge in [-0.3, -0.25) is 4.79 Å². The molecule has 182 valence electrons. The summed E-state index contributed by atoms with van der Waals surface area (Å²) in [6.45, 7) is 8.30. The van der Waals surface area contributed by atoms with Gasteiger partial charge in [0.15, 0.2) is 5.17 Å². The van der Waals surface area contributed by atoms with Crippen molar-refractivity contribution in [3.63, 3.8) is 0 Å². The van der Waals surface area contributed by atoms with Gasteiger partial charge < -0.3 is 19.3 Å². The van der Waals surface area contributed by atoms with E-state index in [1.165, 1.54) is 17.3 Å². The lowest BCUT2D eigenvalue weighted by Gasteiger charge is -2.36.